The van der Waals surface area contributed by atoms with Crippen LogP contribution in [0.15, 0.2) is 48.6 Å². The molecule has 0 fully saturated rings. The predicted octanol–water partition coefficient (Wildman–Crippen LogP) is 3.16. The Morgan fingerprint density at radius 3 is 2.57 bits per heavy atom. The van der Waals surface area contributed by atoms with Crippen molar-refractivity contribution in [2.24, 2.45) is 0 Å². The van der Waals surface area contributed by atoms with Gasteiger partial charge in [0, 0.05) is 19.1 Å². The molecule has 4 heteroatoms. The van der Waals surface area contributed by atoms with E-state index in [1.165, 1.54) is 13.0 Å². The lowest BCUT2D eigenvalue weighted by Crippen LogP contribution is -2.03. The zero-order valence-corrected chi connectivity index (χ0v) is 13.6. The van der Waals surface area contributed by atoms with Gasteiger partial charge < -0.3 is 9.47 Å². The van der Waals surface area contributed by atoms with Crippen LogP contribution in [0.3, 0.4) is 0 Å². The van der Waals surface area contributed by atoms with Crippen molar-refractivity contribution in [1.82, 2.24) is 0 Å². The molecule has 0 spiro atoms. The van der Waals surface area contributed by atoms with Crippen molar-refractivity contribution < 1.29 is 19.1 Å². The van der Waals surface area contributed by atoms with E-state index in [4.69, 9.17) is 15.9 Å². The minimum atomic E-state index is -0.404. The summed E-state index contributed by atoms with van der Waals surface area (Å²) in [5.41, 5.74) is 0.873. The molecule has 0 saturated heterocycles. The molecule has 0 amide bonds. The first-order valence-electron chi connectivity index (χ1n) is 7.46. The van der Waals surface area contributed by atoms with Crippen LogP contribution in [0, 0.1) is 12.3 Å². The van der Waals surface area contributed by atoms with E-state index in [9.17, 15) is 9.59 Å². The highest BCUT2D eigenvalue weighted by Crippen LogP contribution is 2.02. The summed E-state index contributed by atoms with van der Waals surface area (Å²) in [6, 6.07) is 0. The standard InChI is InChI=1S/C19H24O4/c1-4-6-10-18(13-12-17(3)20)11-9-15-22-14-7-8-16-23-19(21)5-2/h1,5,9-13H,2,6-8,14-16H2,3H3/b11-9-,13-12+,18-10+. The first-order chi connectivity index (χ1) is 11.1. The molecular formula is C19H24O4. The van der Waals surface area contributed by atoms with Crippen LogP contribution in [0.4, 0.5) is 0 Å². The summed E-state index contributed by atoms with van der Waals surface area (Å²) in [5, 5.41) is 0. The molecule has 0 saturated carbocycles. The fourth-order valence-electron chi connectivity index (χ4n) is 1.46. The number of unbranched alkanes of at least 4 members (excludes halogenated alkanes) is 1. The van der Waals surface area contributed by atoms with Gasteiger partial charge in [-0.25, -0.2) is 4.79 Å². The second-order valence-electron chi connectivity index (χ2n) is 4.61. The van der Waals surface area contributed by atoms with E-state index in [1.54, 1.807) is 6.08 Å². The molecule has 0 aliphatic carbocycles. The van der Waals surface area contributed by atoms with E-state index < -0.39 is 5.97 Å². The topological polar surface area (TPSA) is 52.6 Å². The maximum Gasteiger partial charge on any atom is 0.330 e. The summed E-state index contributed by atoms with van der Waals surface area (Å²) in [6.07, 6.45) is 17.3. The molecule has 0 N–H and O–H groups in total. The number of esters is 1. The Hall–Kier alpha value is -2.38. The molecule has 0 rings (SSSR count). The van der Waals surface area contributed by atoms with Crippen LogP contribution in [-0.2, 0) is 19.1 Å². The molecule has 0 radical (unpaired) electrons. The fourth-order valence-corrected chi connectivity index (χ4v) is 1.46. The number of terminal acetylenes is 1. The highest BCUT2D eigenvalue weighted by molar-refractivity contribution is 5.87. The SMILES string of the molecule is C#CC/C=C(\C=C/COCCCCOC(=O)C=C)/C=C/C(C)=O. The van der Waals surface area contributed by atoms with Crippen LogP contribution in [0.1, 0.15) is 26.2 Å². The number of carbonyl (C=O) groups is 2. The number of allylic oxidation sites excluding steroid dienone is 5. The van der Waals surface area contributed by atoms with Crippen LogP contribution in [0.5, 0.6) is 0 Å². The van der Waals surface area contributed by atoms with E-state index in [0.717, 1.165) is 24.5 Å². The van der Waals surface area contributed by atoms with Gasteiger partial charge in [0.1, 0.15) is 0 Å². The third-order valence-electron chi connectivity index (χ3n) is 2.58. The largest absolute Gasteiger partial charge is 0.463 e. The van der Waals surface area contributed by atoms with Crippen LogP contribution >= 0.6 is 0 Å². The van der Waals surface area contributed by atoms with Gasteiger partial charge in [-0.2, -0.15) is 0 Å². The molecule has 0 aliphatic rings. The zero-order valence-electron chi connectivity index (χ0n) is 13.6. The van der Waals surface area contributed by atoms with Crippen LogP contribution in [0.2, 0.25) is 0 Å². The summed E-state index contributed by atoms with van der Waals surface area (Å²) in [5.74, 6) is 2.11. The quantitative estimate of drug-likeness (QED) is 0.182. The van der Waals surface area contributed by atoms with Crippen LogP contribution in [-0.4, -0.2) is 31.6 Å². The number of ether oxygens (including phenoxy) is 2. The molecule has 0 heterocycles. The first kappa shape index (κ1) is 20.6. The van der Waals surface area contributed by atoms with Crippen molar-refractivity contribution in [2.45, 2.75) is 26.2 Å². The molecule has 0 aliphatic heterocycles. The molecule has 0 bridgehead atoms. The van der Waals surface area contributed by atoms with Crippen molar-refractivity contribution >= 4 is 11.8 Å². The number of hydrogen-bond acceptors (Lipinski definition) is 4. The van der Waals surface area contributed by atoms with Crippen LogP contribution in [0.25, 0.3) is 0 Å². The second-order valence-corrected chi connectivity index (χ2v) is 4.61. The maximum atomic E-state index is 10.9. The summed E-state index contributed by atoms with van der Waals surface area (Å²) < 4.78 is 10.3. The number of rotatable bonds is 12. The van der Waals surface area contributed by atoms with Gasteiger partial charge in [-0.3, -0.25) is 4.79 Å². The Labute approximate surface area is 138 Å². The molecule has 124 valence electrons. The summed E-state index contributed by atoms with van der Waals surface area (Å²) >= 11 is 0. The average Bonchev–Trinajstić information content (AvgIpc) is 2.54. The molecule has 23 heavy (non-hydrogen) atoms. The van der Waals surface area contributed by atoms with Gasteiger partial charge in [0.15, 0.2) is 5.78 Å². The van der Waals surface area contributed by atoms with Gasteiger partial charge >= 0.3 is 5.97 Å². The summed E-state index contributed by atoms with van der Waals surface area (Å²) in [6.45, 7) is 6.24. The minimum Gasteiger partial charge on any atom is -0.463 e. The number of ketones is 1. The molecule has 0 unspecified atom stereocenters. The Morgan fingerprint density at radius 2 is 1.91 bits per heavy atom. The van der Waals surface area contributed by atoms with E-state index in [1.807, 2.05) is 18.2 Å². The van der Waals surface area contributed by atoms with Gasteiger partial charge in [-0.05, 0) is 31.4 Å². The lowest BCUT2D eigenvalue weighted by atomic mass is 10.1. The van der Waals surface area contributed by atoms with E-state index in [0.29, 0.717) is 26.2 Å². The van der Waals surface area contributed by atoms with Crippen molar-refractivity contribution in [3.05, 3.63) is 48.6 Å². The monoisotopic (exact) mass is 316 g/mol. The van der Waals surface area contributed by atoms with Gasteiger partial charge in [0.2, 0.25) is 0 Å². The summed E-state index contributed by atoms with van der Waals surface area (Å²) in [4.78, 5) is 21.7. The molecule has 4 nitrogen and oxygen atoms in total. The third kappa shape index (κ3) is 14.3. The summed E-state index contributed by atoms with van der Waals surface area (Å²) in [7, 11) is 0. The van der Waals surface area contributed by atoms with Gasteiger partial charge in [0.05, 0.1) is 13.2 Å². The number of carbonyl (C=O) groups excluding carboxylic acids is 2. The predicted molar refractivity (Wildman–Crippen MR) is 91.7 cm³/mol. The van der Waals surface area contributed by atoms with Crippen LogP contribution < -0.4 is 0 Å². The van der Waals surface area contributed by atoms with Crippen molar-refractivity contribution in [3.8, 4) is 12.3 Å². The molecule has 0 aromatic rings. The van der Waals surface area contributed by atoms with Crippen molar-refractivity contribution in [2.75, 3.05) is 19.8 Å². The Balaban J connectivity index is 3.92. The van der Waals surface area contributed by atoms with E-state index >= 15 is 0 Å². The molecule has 0 aromatic heterocycles. The maximum absolute atomic E-state index is 10.9. The molecule has 0 aromatic carbocycles. The normalized spacial score (nSPS) is 11.6. The Morgan fingerprint density at radius 1 is 1.17 bits per heavy atom. The molecular weight excluding hydrogens is 292 g/mol. The average molecular weight is 316 g/mol. The van der Waals surface area contributed by atoms with Gasteiger partial charge in [0.25, 0.3) is 0 Å². The van der Waals surface area contributed by atoms with E-state index in [-0.39, 0.29) is 5.78 Å². The lowest BCUT2D eigenvalue weighted by molar-refractivity contribution is -0.137. The van der Waals surface area contributed by atoms with Crippen molar-refractivity contribution in [3.63, 3.8) is 0 Å². The first-order valence-corrected chi connectivity index (χ1v) is 7.46. The minimum absolute atomic E-state index is 0.0154. The number of hydrogen-bond donors (Lipinski definition) is 0. The highest BCUT2D eigenvalue weighted by atomic mass is 16.5. The van der Waals surface area contributed by atoms with Gasteiger partial charge in [-0.15, -0.1) is 12.3 Å². The Kier molecular flexibility index (Phi) is 13.0. The fraction of sp³-hybridized carbons (Fsp3) is 0.368. The molecule has 0 atom stereocenters. The second kappa shape index (κ2) is 14.6. The lowest BCUT2D eigenvalue weighted by Gasteiger charge is -2.02. The van der Waals surface area contributed by atoms with Gasteiger partial charge in [-0.1, -0.05) is 30.9 Å². The van der Waals surface area contributed by atoms with Crippen molar-refractivity contribution in [1.29, 1.82) is 0 Å². The smallest absolute Gasteiger partial charge is 0.330 e. The van der Waals surface area contributed by atoms with E-state index in [2.05, 4.69) is 12.5 Å². The Bertz CT molecular complexity index is 504. The zero-order chi connectivity index (χ0) is 17.3. The third-order valence-corrected chi connectivity index (χ3v) is 2.58. The highest BCUT2D eigenvalue weighted by Gasteiger charge is 1.95.